The average molecular weight is 229 g/mol. The average Bonchev–Trinajstić information content (AvgIpc) is 2.30. The van der Waals surface area contributed by atoms with Crippen molar-refractivity contribution < 1.29 is 19.0 Å². The Morgan fingerprint density at radius 3 is 2.44 bits per heavy atom. The molecule has 1 aliphatic rings. The number of carbonyl (C=O) groups excluding carboxylic acids is 1. The number of amides is 1. The van der Waals surface area contributed by atoms with Crippen molar-refractivity contribution in [3.8, 4) is 0 Å². The maximum absolute atomic E-state index is 11.2. The molecule has 0 aromatic heterocycles. The Morgan fingerprint density at radius 2 is 1.88 bits per heavy atom. The summed E-state index contributed by atoms with van der Waals surface area (Å²) >= 11 is 0. The third-order valence-electron chi connectivity index (χ3n) is 2.33. The number of rotatable bonds is 3. The molecule has 0 N–H and O–H groups in total. The first-order valence-corrected chi connectivity index (χ1v) is 5.73. The summed E-state index contributed by atoms with van der Waals surface area (Å²) < 4.78 is 15.4. The monoisotopic (exact) mass is 229 g/mol. The lowest BCUT2D eigenvalue weighted by Gasteiger charge is -2.22. The van der Waals surface area contributed by atoms with Gasteiger partial charge in [0.15, 0.2) is 5.90 Å². The van der Waals surface area contributed by atoms with Crippen LogP contribution in [0.15, 0.2) is 4.99 Å². The first-order chi connectivity index (χ1) is 7.77. The largest absolute Gasteiger partial charge is 0.481 e. The molecule has 1 aliphatic heterocycles. The Labute approximate surface area is 95.8 Å². The molecule has 1 heterocycles. The molecule has 1 rings (SSSR count). The highest BCUT2D eigenvalue weighted by atomic mass is 16.6. The molecule has 0 radical (unpaired) electrons. The molecule has 16 heavy (non-hydrogen) atoms. The molecule has 1 fully saturated rings. The highest BCUT2D eigenvalue weighted by Crippen LogP contribution is 2.17. The summed E-state index contributed by atoms with van der Waals surface area (Å²) in [5.41, 5.74) is 0. The Balaban J connectivity index is 2.60. The van der Waals surface area contributed by atoms with Crippen LogP contribution in [0, 0.1) is 5.92 Å². The summed E-state index contributed by atoms with van der Waals surface area (Å²) in [6, 6.07) is 0. The molecule has 1 saturated heterocycles. The van der Waals surface area contributed by atoms with Gasteiger partial charge in [-0.3, -0.25) is 0 Å². The van der Waals surface area contributed by atoms with Crippen LogP contribution < -0.4 is 0 Å². The number of aliphatic imine (C=N–C) groups is 1. The van der Waals surface area contributed by atoms with E-state index in [1.54, 1.807) is 6.92 Å². The molecule has 0 spiro atoms. The zero-order valence-electron chi connectivity index (χ0n) is 9.90. The van der Waals surface area contributed by atoms with Gasteiger partial charge in [-0.05, 0) is 26.7 Å². The summed E-state index contributed by atoms with van der Waals surface area (Å²) in [7, 11) is 0. The first-order valence-electron chi connectivity index (χ1n) is 5.73. The number of nitrogens with zero attached hydrogens (tertiary/aromatic N) is 1. The van der Waals surface area contributed by atoms with Crippen molar-refractivity contribution in [2.24, 2.45) is 10.9 Å². The molecule has 92 valence electrons. The van der Waals surface area contributed by atoms with Crippen LogP contribution in [0.1, 0.15) is 26.7 Å². The third kappa shape index (κ3) is 4.18. The fraction of sp³-hybridized carbons (Fsp3) is 0.818. The fourth-order valence-electron chi connectivity index (χ4n) is 1.58. The maximum Gasteiger partial charge on any atom is 0.436 e. The van der Waals surface area contributed by atoms with Crippen LogP contribution in [-0.4, -0.2) is 38.4 Å². The molecule has 0 aromatic carbocycles. The fourth-order valence-corrected chi connectivity index (χ4v) is 1.58. The van der Waals surface area contributed by atoms with Crippen molar-refractivity contribution >= 4 is 12.0 Å². The van der Waals surface area contributed by atoms with E-state index >= 15 is 0 Å². The number of ether oxygens (including phenoxy) is 3. The van der Waals surface area contributed by atoms with Crippen molar-refractivity contribution in [3.63, 3.8) is 0 Å². The second kappa shape index (κ2) is 7.22. The normalized spacial score (nSPS) is 18.2. The van der Waals surface area contributed by atoms with E-state index in [-0.39, 0.29) is 5.92 Å². The van der Waals surface area contributed by atoms with E-state index in [4.69, 9.17) is 14.2 Å². The van der Waals surface area contributed by atoms with E-state index in [9.17, 15) is 4.79 Å². The summed E-state index contributed by atoms with van der Waals surface area (Å²) in [5.74, 6) is 0.669. The smallest absolute Gasteiger partial charge is 0.436 e. The number of carbonyl (C=O) groups is 1. The highest BCUT2D eigenvalue weighted by Gasteiger charge is 2.22. The minimum absolute atomic E-state index is 0.179. The topological polar surface area (TPSA) is 57.1 Å². The van der Waals surface area contributed by atoms with Gasteiger partial charge in [-0.15, -0.1) is 4.99 Å². The molecule has 0 unspecified atom stereocenters. The lowest BCUT2D eigenvalue weighted by molar-refractivity contribution is 0.0758. The van der Waals surface area contributed by atoms with Gasteiger partial charge in [0.25, 0.3) is 0 Å². The van der Waals surface area contributed by atoms with Crippen LogP contribution in [-0.2, 0) is 14.2 Å². The lowest BCUT2D eigenvalue weighted by Crippen LogP contribution is -2.26. The number of hydrogen-bond donors (Lipinski definition) is 0. The molecule has 0 aromatic rings. The van der Waals surface area contributed by atoms with Crippen LogP contribution in [0.4, 0.5) is 4.79 Å². The van der Waals surface area contributed by atoms with Crippen molar-refractivity contribution in [2.75, 3.05) is 26.4 Å². The summed E-state index contributed by atoms with van der Waals surface area (Å²) in [6.07, 6.45) is 1.12. The molecule has 0 saturated carbocycles. The molecular formula is C11H19NO4. The molecule has 0 bridgehead atoms. The first kappa shape index (κ1) is 13.0. The van der Waals surface area contributed by atoms with Gasteiger partial charge in [-0.1, -0.05) is 0 Å². The third-order valence-corrected chi connectivity index (χ3v) is 2.33. The Bertz CT molecular complexity index is 246. The van der Waals surface area contributed by atoms with Crippen LogP contribution >= 0.6 is 0 Å². The van der Waals surface area contributed by atoms with Gasteiger partial charge in [-0.2, -0.15) is 0 Å². The van der Waals surface area contributed by atoms with Crippen molar-refractivity contribution in [3.05, 3.63) is 0 Å². The standard InChI is InChI=1S/C11H19NO4/c1-3-15-10(12-11(13)16-4-2)9-5-7-14-8-6-9/h9H,3-8H2,1-2H3/b12-10-. The van der Waals surface area contributed by atoms with Gasteiger partial charge in [0.05, 0.1) is 13.2 Å². The van der Waals surface area contributed by atoms with E-state index in [2.05, 4.69) is 4.99 Å². The Hall–Kier alpha value is -1.10. The van der Waals surface area contributed by atoms with E-state index in [1.807, 2.05) is 6.92 Å². The predicted octanol–water partition coefficient (Wildman–Crippen LogP) is 2.00. The van der Waals surface area contributed by atoms with Gasteiger partial charge >= 0.3 is 6.09 Å². The minimum atomic E-state index is -0.572. The molecule has 1 amide bonds. The zero-order valence-corrected chi connectivity index (χ0v) is 9.90. The Morgan fingerprint density at radius 1 is 1.25 bits per heavy atom. The number of hydrogen-bond acceptors (Lipinski definition) is 4. The van der Waals surface area contributed by atoms with Crippen molar-refractivity contribution in [2.45, 2.75) is 26.7 Å². The van der Waals surface area contributed by atoms with E-state index < -0.39 is 6.09 Å². The van der Waals surface area contributed by atoms with Crippen LogP contribution in [0.3, 0.4) is 0 Å². The molecular weight excluding hydrogens is 210 g/mol. The van der Waals surface area contributed by atoms with Gasteiger partial charge in [-0.25, -0.2) is 4.79 Å². The van der Waals surface area contributed by atoms with Crippen molar-refractivity contribution in [1.29, 1.82) is 0 Å². The molecule has 5 nitrogen and oxygen atoms in total. The van der Waals surface area contributed by atoms with Gasteiger partial charge < -0.3 is 14.2 Å². The van der Waals surface area contributed by atoms with Crippen molar-refractivity contribution in [1.82, 2.24) is 0 Å². The SMILES string of the molecule is CCOC(=O)/N=C(\OCC)C1CCOCC1. The lowest BCUT2D eigenvalue weighted by atomic mass is 10.0. The summed E-state index contributed by atoms with van der Waals surface area (Å²) in [4.78, 5) is 15.1. The van der Waals surface area contributed by atoms with Crippen LogP contribution in [0.5, 0.6) is 0 Å². The van der Waals surface area contributed by atoms with E-state index in [1.165, 1.54) is 0 Å². The van der Waals surface area contributed by atoms with Crippen LogP contribution in [0.2, 0.25) is 0 Å². The molecule has 0 atom stereocenters. The van der Waals surface area contributed by atoms with Gasteiger partial charge in [0, 0.05) is 19.1 Å². The van der Waals surface area contributed by atoms with E-state index in [0.717, 1.165) is 12.8 Å². The zero-order chi connectivity index (χ0) is 11.8. The second-order valence-electron chi connectivity index (χ2n) is 3.47. The Kier molecular flexibility index (Phi) is 5.85. The van der Waals surface area contributed by atoms with Gasteiger partial charge in [0.1, 0.15) is 0 Å². The maximum atomic E-state index is 11.2. The van der Waals surface area contributed by atoms with Gasteiger partial charge in [0.2, 0.25) is 0 Å². The quantitative estimate of drug-likeness (QED) is 0.548. The molecule has 5 heteroatoms. The van der Waals surface area contributed by atoms with E-state index in [0.29, 0.717) is 32.3 Å². The highest BCUT2D eigenvalue weighted by molar-refractivity contribution is 5.89. The van der Waals surface area contributed by atoms with Crippen LogP contribution in [0.25, 0.3) is 0 Å². The predicted molar refractivity (Wildman–Crippen MR) is 59.6 cm³/mol. The minimum Gasteiger partial charge on any atom is -0.481 e. The summed E-state index contributed by atoms with van der Waals surface area (Å²) in [6.45, 7) is 5.85. The molecule has 0 aliphatic carbocycles. The summed E-state index contributed by atoms with van der Waals surface area (Å²) in [5, 5.41) is 0. The second-order valence-corrected chi connectivity index (χ2v) is 3.47.